The molecular formula is C15H16N2O2. The van der Waals surface area contributed by atoms with Crippen LogP contribution in [0.2, 0.25) is 0 Å². The lowest BCUT2D eigenvalue weighted by Gasteiger charge is -2.38. The Hall–Kier alpha value is -1.65. The van der Waals surface area contributed by atoms with Gasteiger partial charge in [0.25, 0.3) is 0 Å². The largest absolute Gasteiger partial charge is 0.440 e. The van der Waals surface area contributed by atoms with Crippen molar-refractivity contribution in [3.05, 3.63) is 41.9 Å². The molecule has 4 nitrogen and oxygen atoms in total. The van der Waals surface area contributed by atoms with E-state index in [1.807, 2.05) is 24.3 Å². The Labute approximate surface area is 111 Å². The average Bonchev–Trinajstić information content (AvgIpc) is 3.14. The van der Waals surface area contributed by atoms with Gasteiger partial charge < -0.3 is 14.8 Å². The van der Waals surface area contributed by atoms with Crippen LogP contribution in [0.1, 0.15) is 30.2 Å². The van der Waals surface area contributed by atoms with Gasteiger partial charge in [-0.15, -0.1) is 0 Å². The summed E-state index contributed by atoms with van der Waals surface area (Å²) in [5.41, 5.74) is 1.27. The van der Waals surface area contributed by atoms with Crippen LogP contribution in [0.25, 0.3) is 11.3 Å². The number of nitrogens with zero attached hydrogens (tertiary/aromatic N) is 1. The first-order valence-corrected chi connectivity index (χ1v) is 6.74. The van der Waals surface area contributed by atoms with Crippen LogP contribution in [0.5, 0.6) is 0 Å². The van der Waals surface area contributed by atoms with E-state index in [4.69, 9.17) is 4.42 Å². The maximum Gasteiger partial charge on any atom is 0.198 e. The fourth-order valence-electron chi connectivity index (χ4n) is 2.45. The number of hydrogen-bond acceptors (Lipinski definition) is 4. The number of hydrogen-bond donors (Lipinski definition) is 2. The van der Waals surface area contributed by atoms with Gasteiger partial charge in [0.2, 0.25) is 0 Å². The minimum atomic E-state index is -0.695. The van der Waals surface area contributed by atoms with Gasteiger partial charge in [0.05, 0.1) is 6.20 Å². The second-order valence-corrected chi connectivity index (χ2v) is 5.55. The van der Waals surface area contributed by atoms with E-state index < -0.39 is 5.60 Å². The van der Waals surface area contributed by atoms with Crippen molar-refractivity contribution in [3.8, 4) is 11.3 Å². The lowest BCUT2D eigenvalue weighted by Crippen LogP contribution is -2.56. The third-order valence-corrected chi connectivity index (χ3v) is 3.99. The van der Waals surface area contributed by atoms with Gasteiger partial charge >= 0.3 is 0 Å². The summed E-state index contributed by atoms with van der Waals surface area (Å²) >= 11 is 0. The first-order chi connectivity index (χ1) is 9.24. The number of nitrogens with one attached hydrogen (secondary N) is 1. The second-order valence-electron chi connectivity index (χ2n) is 5.55. The Morgan fingerprint density at radius 3 is 2.53 bits per heavy atom. The zero-order valence-corrected chi connectivity index (χ0v) is 10.6. The van der Waals surface area contributed by atoms with Crippen LogP contribution in [0, 0.1) is 0 Å². The highest BCUT2D eigenvalue weighted by molar-refractivity contribution is 5.57. The molecule has 0 amide bonds. The summed E-state index contributed by atoms with van der Waals surface area (Å²) in [6, 6.07) is 7.91. The number of aliphatic hydroxyl groups is 1. The first kappa shape index (κ1) is 11.2. The third-order valence-electron chi connectivity index (χ3n) is 3.99. The minimum Gasteiger partial charge on any atom is -0.440 e. The maximum atomic E-state index is 10.2. The van der Waals surface area contributed by atoms with Crippen molar-refractivity contribution >= 4 is 0 Å². The quantitative estimate of drug-likeness (QED) is 0.882. The summed E-state index contributed by atoms with van der Waals surface area (Å²) < 4.78 is 5.77. The smallest absolute Gasteiger partial charge is 0.198 e. The van der Waals surface area contributed by atoms with Crippen molar-refractivity contribution in [2.75, 3.05) is 13.1 Å². The molecule has 1 aromatic carbocycles. The molecular weight excluding hydrogens is 240 g/mol. The fraction of sp³-hybridized carbons (Fsp3) is 0.400. The normalized spacial score (nSPS) is 21.1. The van der Waals surface area contributed by atoms with Gasteiger partial charge in [-0.1, -0.05) is 24.3 Å². The predicted octanol–water partition coefficient (Wildman–Crippen LogP) is 2.01. The van der Waals surface area contributed by atoms with E-state index in [-0.39, 0.29) is 0 Å². The van der Waals surface area contributed by atoms with Gasteiger partial charge in [0.15, 0.2) is 11.7 Å². The number of oxazole rings is 1. The minimum absolute atomic E-state index is 0.537. The first-order valence-electron chi connectivity index (χ1n) is 6.74. The van der Waals surface area contributed by atoms with Gasteiger partial charge in [0, 0.05) is 24.6 Å². The Bertz CT molecular complexity index is 595. The van der Waals surface area contributed by atoms with Crippen molar-refractivity contribution in [1.29, 1.82) is 0 Å². The van der Waals surface area contributed by atoms with E-state index in [1.54, 1.807) is 6.20 Å². The monoisotopic (exact) mass is 256 g/mol. The Morgan fingerprint density at radius 1 is 1.21 bits per heavy atom. The van der Waals surface area contributed by atoms with Crippen molar-refractivity contribution in [2.45, 2.75) is 24.4 Å². The van der Waals surface area contributed by atoms with Crippen LogP contribution >= 0.6 is 0 Å². The van der Waals surface area contributed by atoms with Gasteiger partial charge in [-0.05, 0) is 18.4 Å². The standard InChI is InChI=1S/C15H16N2O2/c18-15(8-16-9-15)12-5-3-10(4-6-12)13-7-17-14(19-13)11-1-2-11/h3-7,11,16,18H,1-2,8-9H2. The molecule has 98 valence electrons. The average molecular weight is 256 g/mol. The fourth-order valence-corrected chi connectivity index (χ4v) is 2.45. The van der Waals surface area contributed by atoms with Crippen molar-refractivity contribution in [3.63, 3.8) is 0 Å². The molecule has 0 bridgehead atoms. The van der Waals surface area contributed by atoms with E-state index in [9.17, 15) is 5.11 Å². The molecule has 1 aliphatic carbocycles. The molecule has 2 N–H and O–H groups in total. The van der Waals surface area contributed by atoms with E-state index in [1.165, 1.54) is 12.8 Å². The lowest BCUT2D eigenvalue weighted by molar-refractivity contribution is -0.0146. The lowest BCUT2D eigenvalue weighted by atomic mass is 9.88. The van der Waals surface area contributed by atoms with E-state index in [0.717, 1.165) is 22.8 Å². The van der Waals surface area contributed by atoms with Crippen LogP contribution in [0.3, 0.4) is 0 Å². The van der Waals surface area contributed by atoms with Crippen LogP contribution in [0.15, 0.2) is 34.9 Å². The molecule has 0 spiro atoms. The number of benzene rings is 1. The zero-order valence-electron chi connectivity index (χ0n) is 10.6. The Morgan fingerprint density at radius 2 is 1.95 bits per heavy atom. The van der Waals surface area contributed by atoms with Gasteiger partial charge in [-0.25, -0.2) is 4.98 Å². The SMILES string of the molecule is OC1(c2ccc(-c3cnc(C4CC4)o3)cc2)CNC1. The Kier molecular flexibility index (Phi) is 2.31. The molecule has 4 heteroatoms. The summed E-state index contributed by atoms with van der Waals surface area (Å²) in [6.45, 7) is 1.25. The molecule has 0 unspecified atom stereocenters. The highest BCUT2D eigenvalue weighted by atomic mass is 16.4. The third kappa shape index (κ3) is 1.88. The molecule has 2 aliphatic rings. The number of rotatable bonds is 3. The summed E-state index contributed by atoms with van der Waals surface area (Å²) in [7, 11) is 0. The molecule has 1 aromatic heterocycles. The molecule has 1 aliphatic heterocycles. The van der Waals surface area contributed by atoms with E-state index in [0.29, 0.717) is 19.0 Å². The molecule has 1 saturated carbocycles. The molecule has 0 atom stereocenters. The van der Waals surface area contributed by atoms with E-state index >= 15 is 0 Å². The highest BCUT2D eigenvalue weighted by Gasteiger charge is 2.36. The van der Waals surface area contributed by atoms with Gasteiger partial charge in [0.1, 0.15) is 5.60 Å². The molecule has 2 heterocycles. The summed E-state index contributed by atoms with van der Waals surface area (Å²) in [6.07, 6.45) is 4.18. The molecule has 0 radical (unpaired) electrons. The van der Waals surface area contributed by atoms with Gasteiger partial charge in [-0.3, -0.25) is 0 Å². The highest BCUT2D eigenvalue weighted by Crippen LogP contribution is 2.40. The van der Waals surface area contributed by atoms with Crippen LogP contribution < -0.4 is 5.32 Å². The molecule has 2 aromatic rings. The Balaban J connectivity index is 1.60. The van der Waals surface area contributed by atoms with Crippen molar-refractivity contribution in [2.24, 2.45) is 0 Å². The zero-order chi connectivity index (χ0) is 12.9. The summed E-state index contributed by atoms with van der Waals surface area (Å²) in [5.74, 6) is 2.21. The second kappa shape index (κ2) is 3.92. The topological polar surface area (TPSA) is 58.3 Å². The van der Waals surface area contributed by atoms with Crippen molar-refractivity contribution < 1.29 is 9.52 Å². The molecule has 2 fully saturated rings. The summed E-state index contributed by atoms with van der Waals surface area (Å²) in [4.78, 5) is 4.33. The molecule has 19 heavy (non-hydrogen) atoms. The van der Waals surface area contributed by atoms with Crippen molar-refractivity contribution in [1.82, 2.24) is 10.3 Å². The number of aromatic nitrogens is 1. The maximum absolute atomic E-state index is 10.2. The van der Waals surface area contributed by atoms with Crippen LogP contribution in [0.4, 0.5) is 0 Å². The number of β-amino-alcohol motifs (C(OH)–C–C–N with tert-alkyl or cyclic N) is 1. The summed E-state index contributed by atoms with van der Waals surface area (Å²) in [5, 5.41) is 13.3. The predicted molar refractivity (Wildman–Crippen MR) is 70.7 cm³/mol. The van der Waals surface area contributed by atoms with Gasteiger partial charge in [-0.2, -0.15) is 0 Å². The molecule has 1 saturated heterocycles. The van der Waals surface area contributed by atoms with E-state index in [2.05, 4.69) is 10.3 Å². The van der Waals surface area contributed by atoms with Crippen LogP contribution in [-0.2, 0) is 5.60 Å². The molecule has 4 rings (SSSR count). The van der Waals surface area contributed by atoms with Crippen LogP contribution in [-0.4, -0.2) is 23.2 Å².